The number of nitrogens with one attached hydrogen (secondary N) is 1. The van der Waals surface area contributed by atoms with Crippen LogP contribution in [0.3, 0.4) is 0 Å². The number of carbonyl (C=O) groups excluding carboxylic acids is 2. The summed E-state index contributed by atoms with van der Waals surface area (Å²) in [5.41, 5.74) is 0.130. The van der Waals surface area contributed by atoms with Crippen LogP contribution in [0.5, 0.6) is 0 Å². The fraction of sp³-hybridized carbons (Fsp3) is 0.765. The molecule has 0 saturated heterocycles. The third-order valence-electron chi connectivity index (χ3n) is 3.25. The Labute approximate surface area is 129 Å². The molecule has 0 aromatic heterocycles. The highest BCUT2D eigenvalue weighted by molar-refractivity contribution is 5.87. The fourth-order valence-corrected chi connectivity index (χ4v) is 2.01. The molecule has 0 heterocycles. The first kappa shape index (κ1) is 19.7. The lowest BCUT2D eigenvalue weighted by atomic mass is 9.81. The summed E-state index contributed by atoms with van der Waals surface area (Å²) in [7, 11) is 0. The molecule has 0 aromatic carbocycles. The average Bonchev–Trinajstić information content (AvgIpc) is 2.32. The number of hydrogen-bond donors (Lipinski definition) is 1. The molecule has 0 aliphatic rings. The number of ether oxygens (including phenoxy) is 1. The summed E-state index contributed by atoms with van der Waals surface area (Å²) in [6, 6.07) is 0. The lowest BCUT2D eigenvalue weighted by Crippen LogP contribution is -2.35. The van der Waals surface area contributed by atoms with Gasteiger partial charge >= 0.3 is 5.97 Å². The summed E-state index contributed by atoms with van der Waals surface area (Å²) in [5, 5.41) is 2.94. The number of amides is 1. The molecule has 122 valence electrons. The van der Waals surface area contributed by atoms with Gasteiger partial charge in [-0.25, -0.2) is 4.79 Å². The Morgan fingerprint density at radius 2 is 1.71 bits per heavy atom. The van der Waals surface area contributed by atoms with E-state index in [-0.39, 0.29) is 22.7 Å². The maximum Gasteiger partial charge on any atom is 0.333 e. The lowest BCUT2D eigenvalue weighted by molar-refractivity contribution is -0.138. The van der Waals surface area contributed by atoms with Crippen molar-refractivity contribution < 1.29 is 14.3 Å². The van der Waals surface area contributed by atoms with Crippen molar-refractivity contribution in [3.05, 3.63) is 12.2 Å². The predicted molar refractivity (Wildman–Crippen MR) is 85.9 cm³/mol. The van der Waals surface area contributed by atoms with Gasteiger partial charge in [-0.2, -0.15) is 0 Å². The van der Waals surface area contributed by atoms with Gasteiger partial charge in [0, 0.05) is 17.5 Å². The first-order valence-electron chi connectivity index (χ1n) is 7.63. The molecule has 0 fully saturated rings. The van der Waals surface area contributed by atoms with Gasteiger partial charge in [-0.15, -0.1) is 0 Å². The number of rotatable bonds is 8. The minimum Gasteiger partial charge on any atom is -0.463 e. The van der Waals surface area contributed by atoms with Gasteiger partial charge in [-0.1, -0.05) is 41.2 Å². The van der Waals surface area contributed by atoms with Crippen LogP contribution in [-0.2, 0) is 14.3 Å². The van der Waals surface area contributed by atoms with Crippen molar-refractivity contribution in [2.24, 2.45) is 10.8 Å². The van der Waals surface area contributed by atoms with E-state index in [1.165, 1.54) is 0 Å². The molecule has 0 radical (unpaired) electrons. The van der Waals surface area contributed by atoms with Crippen LogP contribution in [0.1, 0.15) is 60.8 Å². The molecule has 0 atom stereocenters. The zero-order chi connectivity index (χ0) is 16.7. The molecule has 0 aromatic rings. The second-order valence-electron chi connectivity index (χ2n) is 7.27. The van der Waals surface area contributed by atoms with Crippen molar-refractivity contribution in [3.63, 3.8) is 0 Å². The van der Waals surface area contributed by atoms with Crippen molar-refractivity contribution in [1.29, 1.82) is 0 Å². The highest BCUT2D eigenvalue weighted by atomic mass is 16.5. The molecule has 0 aliphatic carbocycles. The van der Waals surface area contributed by atoms with E-state index in [4.69, 9.17) is 4.74 Å². The Morgan fingerprint density at radius 3 is 2.19 bits per heavy atom. The average molecular weight is 297 g/mol. The summed E-state index contributed by atoms with van der Waals surface area (Å²) in [6.45, 7) is 16.5. The lowest BCUT2D eigenvalue weighted by Gasteiger charge is -2.25. The van der Waals surface area contributed by atoms with Crippen LogP contribution in [-0.4, -0.2) is 25.0 Å². The van der Waals surface area contributed by atoms with E-state index >= 15 is 0 Å². The van der Waals surface area contributed by atoms with Crippen LogP contribution in [0.15, 0.2) is 12.2 Å². The van der Waals surface area contributed by atoms with Crippen LogP contribution in [0.4, 0.5) is 0 Å². The first-order valence-corrected chi connectivity index (χ1v) is 7.63. The molecular formula is C17H31NO3. The van der Waals surface area contributed by atoms with E-state index in [9.17, 15) is 9.59 Å². The molecule has 4 heteroatoms. The molecule has 0 bridgehead atoms. The van der Waals surface area contributed by atoms with Gasteiger partial charge in [-0.3, -0.25) is 4.79 Å². The van der Waals surface area contributed by atoms with Gasteiger partial charge in [0.1, 0.15) is 0 Å². The predicted octanol–water partition coefficient (Wildman–Crippen LogP) is 3.46. The van der Waals surface area contributed by atoms with Gasteiger partial charge in [0.2, 0.25) is 5.91 Å². The minimum atomic E-state index is -0.353. The second kappa shape index (κ2) is 8.20. The van der Waals surface area contributed by atoms with Gasteiger partial charge < -0.3 is 10.1 Å². The molecule has 0 unspecified atom stereocenters. The van der Waals surface area contributed by atoms with Gasteiger partial charge in [0.05, 0.1) is 6.61 Å². The van der Waals surface area contributed by atoms with Crippen molar-refractivity contribution >= 4 is 11.9 Å². The first-order chi connectivity index (χ1) is 9.49. The van der Waals surface area contributed by atoms with E-state index in [2.05, 4.69) is 25.7 Å². The summed E-state index contributed by atoms with van der Waals surface area (Å²) >= 11 is 0. The summed E-state index contributed by atoms with van der Waals surface area (Å²) < 4.78 is 4.95. The maximum atomic E-state index is 11.7. The van der Waals surface area contributed by atoms with Crippen molar-refractivity contribution in [1.82, 2.24) is 5.32 Å². The summed E-state index contributed by atoms with van der Waals surface area (Å²) in [6.07, 6.45) is 2.40. The number of hydrogen-bond acceptors (Lipinski definition) is 3. The Balaban J connectivity index is 4.11. The van der Waals surface area contributed by atoms with E-state index in [0.29, 0.717) is 25.1 Å². The highest BCUT2D eigenvalue weighted by Crippen LogP contribution is 2.30. The molecule has 0 spiro atoms. The molecule has 21 heavy (non-hydrogen) atoms. The molecule has 1 amide bonds. The van der Waals surface area contributed by atoms with E-state index in [1.54, 1.807) is 6.92 Å². The Hall–Kier alpha value is -1.32. The zero-order valence-corrected chi connectivity index (χ0v) is 14.5. The van der Waals surface area contributed by atoms with Gasteiger partial charge in [0.25, 0.3) is 0 Å². The standard InChI is InChI=1S/C17H31NO3/c1-8-21-14(19)13(2)12-17(6,7)10-9-11-18-15(20)16(3,4)5/h2,8-12H2,1,3-7H3,(H,18,20). The SMILES string of the molecule is C=C(CC(C)(C)CCCNC(=O)C(C)(C)C)C(=O)OCC. The Morgan fingerprint density at radius 1 is 1.14 bits per heavy atom. The van der Waals surface area contributed by atoms with Crippen LogP contribution >= 0.6 is 0 Å². The van der Waals surface area contributed by atoms with Crippen LogP contribution < -0.4 is 5.32 Å². The zero-order valence-electron chi connectivity index (χ0n) is 14.5. The quantitative estimate of drug-likeness (QED) is 0.424. The molecule has 0 saturated carbocycles. The minimum absolute atomic E-state index is 0.0314. The van der Waals surface area contributed by atoms with E-state index in [0.717, 1.165) is 12.8 Å². The topological polar surface area (TPSA) is 55.4 Å². The van der Waals surface area contributed by atoms with Gasteiger partial charge in [0.15, 0.2) is 0 Å². The van der Waals surface area contributed by atoms with Gasteiger partial charge in [-0.05, 0) is 31.6 Å². The van der Waals surface area contributed by atoms with Crippen molar-refractivity contribution in [3.8, 4) is 0 Å². The number of carbonyl (C=O) groups is 2. The monoisotopic (exact) mass is 297 g/mol. The fourth-order valence-electron chi connectivity index (χ4n) is 2.01. The smallest absolute Gasteiger partial charge is 0.333 e. The van der Waals surface area contributed by atoms with E-state index in [1.807, 2.05) is 20.8 Å². The molecule has 4 nitrogen and oxygen atoms in total. The van der Waals surface area contributed by atoms with E-state index < -0.39 is 0 Å². The Kier molecular flexibility index (Phi) is 7.69. The molecule has 0 rings (SSSR count). The Bertz CT molecular complexity index is 378. The van der Waals surface area contributed by atoms with Crippen LogP contribution in [0.25, 0.3) is 0 Å². The molecule has 0 aliphatic heterocycles. The van der Waals surface area contributed by atoms with Crippen LogP contribution in [0, 0.1) is 10.8 Å². The summed E-state index contributed by atoms with van der Waals surface area (Å²) in [4.78, 5) is 23.3. The van der Waals surface area contributed by atoms with Crippen molar-refractivity contribution in [2.75, 3.05) is 13.2 Å². The summed E-state index contributed by atoms with van der Waals surface area (Å²) in [5.74, 6) is -0.247. The highest BCUT2D eigenvalue weighted by Gasteiger charge is 2.23. The maximum absolute atomic E-state index is 11.7. The third-order valence-corrected chi connectivity index (χ3v) is 3.25. The second-order valence-corrected chi connectivity index (χ2v) is 7.27. The van der Waals surface area contributed by atoms with Crippen LogP contribution in [0.2, 0.25) is 0 Å². The van der Waals surface area contributed by atoms with Crippen molar-refractivity contribution in [2.45, 2.75) is 60.8 Å². The largest absolute Gasteiger partial charge is 0.463 e. The molecule has 1 N–H and O–H groups in total. The molecular weight excluding hydrogens is 266 g/mol. The normalized spacial score (nSPS) is 11.9. The third kappa shape index (κ3) is 8.53. The number of esters is 1.